The Morgan fingerprint density at radius 3 is 2.82 bits per heavy atom. The summed E-state index contributed by atoms with van der Waals surface area (Å²) < 4.78 is 26.3. The summed E-state index contributed by atoms with van der Waals surface area (Å²) in [7, 11) is 0. The third-order valence-electron chi connectivity index (χ3n) is 2.58. The molecule has 0 aliphatic heterocycles. The highest BCUT2D eigenvalue weighted by Gasteiger charge is 2.08. The zero-order valence-corrected chi connectivity index (χ0v) is 10.2. The van der Waals surface area contributed by atoms with E-state index >= 15 is 0 Å². The van der Waals surface area contributed by atoms with E-state index in [0.717, 1.165) is 12.1 Å². The molecular weight excluding hydrogens is 240 g/mol. The Labute approximate surface area is 103 Å². The van der Waals surface area contributed by atoms with Gasteiger partial charge in [0.25, 0.3) is 0 Å². The molecule has 0 unspecified atom stereocenters. The lowest BCUT2D eigenvalue weighted by atomic mass is 10.2. The lowest BCUT2D eigenvalue weighted by Crippen LogP contribution is -2.18. The first-order valence-corrected chi connectivity index (χ1v) is 6.25. The van der Waals surface area contributed by atoms with Crippen LogP contribution in [0.25, 0.3) is 0 Å². The van der Waals surface area contributed by atoms with Crippen molar-refractivity contribution in [2.45, 2.75) is 19.5 Å². The highest BCUT2D eigenvalue weighted by Crippen LogP contribution is 2.19. The standard InChI is InChI=1S/C13H13F2NS/c1-9(13-3-2-6-17-13)16-8-10-7-11(14)4-5-12(10)15/h2-7,9,16H,8H2,1H3/t9-/m0/s1. The number of halogens is 2. The molecule has 0 aliphatic carbocycles. The van der Waals surface area contributed by atoms with E-state index in [1.165, 1.54) is 10.9 Å². The van der Waals surface area contributed by atoms with Gasteiger partial charge in [0, 0.05) is 23.0 Å². The molecule has 1 aromatic heterocycles. The van der Waals surface area contributed by atoms with E-state index in [0.29, 0.717) is 12.1 Å². The highest BCUT2D eigenvalue weighted by molar-refractivity contribution is 7.10. The molecule has 0 fully saturated rings. The van der Waals surface area contributed by atoms with Crippen LogP contribution in [-0.2, 0) is 6.54 Å². The summed E-state index contributed by atoms with van der Waals surface area (Å²) in [6.07, 6.45) is 0. The lowest BCUT2D eigenvalue weighted by molar-refractivity contribution is 0.539. The first-order valence-electron chi connectivity index (χ1n) is 5.37. The van der Waals surface area contributed by atoms with Gasteiger partial charge in [-0.05, 0) is 36.6 Å². The molecule has 2 aromatic rings. The first-order chi connectivity index (χ1) is 8.16. The minimum absolute atomic E-state index is 0.137. The molecule has 0 radical (unpaired) electrons. The number of hydrogen-bond donors (Lipinski definition) is 1. The maximum atomic E-state index is 13.4. The van der Waals surface area contributed by atoms with E-state index < -0.39 is 5.82 Å². The Bertz CT molecular complexity index is 482. The summed E-state index contributed by atoms with van der Waals surface area (Å²) in [5, 5.41) is 5.17. The second-order valence-corrected chi connectivity index (χ2v) is 4.83. The summed E-state index contributed by atoms with van der Waals surface area (Å²) in [6.45, 7) is 2.33. The average molecular weight is 253 g/mol. The third kappa shape index (κ3) is 3.11. The quantitative estimate of drug-likeness (QED) is 0.872. The maximum absolute atomic E-state index is 13.4. The van der Waals surface area contributed by atoms with Crippen LogP contribution in [0.4, 0.5) is 8.78 Å². The Hall–Kier alpha value is -1.26. The molecule has 1 aromatic carbocycles. The number of rotatable bonds is 4. The summed E-state index contributed by atoms with van der Waals surface area (Å²) in [5.74, 6) is -0.788. The normalized spacial score (nSPS) is 12.6. The van der Waals surface area contributed by atoms with Crippen molar-refractivity contribution in [3.8, 4) is 0 Å². The van der Waals surface area contributed by atoms with Crippen molar-refractivity contribution in [3.63, 3.8) is 0 Å². The van der Waals surface area contributed by atoms with E-state index in [2.05, 4.69) is 5.32 Å². The van der Waals surface area contributed by atoms with Crippen molar-refractivity contribution in [1.82, 2.24) is 5.32 Å². The van der Waals surface area contributed by atoms with Crippen LogP contribution in [0.15, 0.2) is 35.7 Å². The van der Waals surface area contributed by atoms with Crippen molar-refractivity contribution < 1.29 is 8.78 Å². The van der Waals surface area contributed by atoms with Crippen molar-refractivity contribution in [3.05, 3.63) is 57.8 Å². The molecule has 1 nitrogen and oxygen atoms in total. The van der Waals surface area contributed by atoms with Crippen LogP contribution in [0.2, 0.25) is 0 Å². The van der Waals surface area contributed by atoms with Gasteiger partial charge in [0.1, 0.15) is 11.6 Å². The van der Waals surface area contributed by atoms with Gasteiger partial charge in [0.05, 0.1) is 0 Å². The fourth-order valence-electron chi connectivity index (χ4n) is 1.58. The summed E-state index contributed by atoms with van der Waals surface area (Å²) in [4.78, 5) is 1.18. The smallest absolute Gasteiger partial charge is 0.127 e. The molecule has 0 spiro atoms. The van der Waals surface area contributed by atoms with Gasteiger partial charge in [-0.3, -0.25) is 0 Å². The second kappa shape index (κ2) is 5.38. The van der Waals surface area contributed by atoms with Crippen LogP contribution in [0.5, 0.6) is 0 Å². The van der Waals surface area contributed by atoms with Crippen molar-refractivity contribution >= 4 is 11.3 Å². The largest absolute Gasteiger partial charge is 0.305 e. The van der Waals surface area contributed by atoms with Gasteiger partial charge in [-0.15, -0.1) is 11.3 Å². The molecule has 0 bridgehead atoms. The van der Waals surface area contributed by atoms with E-state index in [1.807, 2.05) is 24.4 Å². The second-order valence-electron chi connectivity index (χ2n) is 3.85. The molecule has 0 saturated heterocycles. The summed E-state index contributed by atoms with van der Waals surface area (Å²) in [6, 6.07) is 7.64. The highest BCUT2D eigenvalue weighted by atomic mass is 32.1. The Morgan fingerprint density at radius 2 is 2.12 bits per heavy atom. The first kappa shape index (κ1) is 12.2. The van der Waals surface area contributed by atoms with Crippen LogP contribution in [0.1, 0.15) is 23.4 Å². The van der Waals surface area contributed by atoms with E-state index in [9.17, 15) is 8.78 Å². The fourth-order valence-corrected chi connectivity index (χ4v) is 2.34. The van der Waals surface area contributed by atoms with Gasteiger partial charge in [-0.2, -0.15) is 0 Å². The molecule has 90 valence electrons. The lowest BCUT2D eigenvalue weighted by Gasteiger charge is -2.12. The number of benzene rings is 1. The molecule has 2 rings (SSSR count). The van der Waals surface area contributed by atoms with Crippen LogP contribution >= 0.6 is 11.3 Å². The predicted octanol–water partition coefficient (Wildman–Crippen LogP) is 3.88. The van der Waals surface area contributed by atoms with Crippen LogP contribution < -0.4 is 5.32 Å². The van der Waals surface area contributed by atoms with Gasteiger partial charge in [-0.1, -0.05) is 6.07 Å². The Balaban J connectivity index is 2.00. The molecule has 4 heteroatoms. The number of thiophene rings is 1. The maximum Gasteiger partial charge on any atom is 0.127 e. The average Bonchev–Trinajstić information content (AvgIpc) is 2.83. The van der Waals surface area contributed by atoms with Gasteiger partial charge in [0.2, 0.25) is 0 Å². The topological polar surface area (TPSA) is 12.0 Å². The molecule has 0 amide bonds. The monoisotopic (exact) mass is 253 g/mol. The Morgan fingerprint density at radius 1 is 1.29 bits per heavy atom. The number of hydrogen-bond acceptors (Lipinski definition) is 2. The predicted molar refractivity (Wildman–Crippen MR) is 65.9 cm³/mol. The van der Waals surface area contributed by atoms with Crippen LogP contribution in [-0.4, -0.2) is 0 Å². The van der Waals surface area contributed by atoms with Crippen LogP contribution in [0.3, 0.4) is 0 Å². The van der Waals surface area contributed by atoms with Crippen molar-refractivity contribution in [2.75, 3.05) is 0 Å². The summed E-state index contributed by atoms with van der Waals surface area (Å²) >= 11 is 1.64. The molecule has 0 aliphatic rings. The zero-order chi connectivity index (χ0) is 12.3. The van der Waals surface area contributed by atoms with Gasteiger partial charge in [-0.25, -0.2) is 8.78 Å². The van der Waals surface area contributed by atoms with Crippen molar-refractivity contribution in [1.29, 1.82) is 0 Å². The van der Waals surface area contributed by atoms with Crippen LogP contribution in [0, 0.1) is 11.6 Å². The minimum Gasteiger partial charge on any atom is -0.305 e. The van der Waals surface area contributed by atoms with E-state index in [-0.39, 0.29) is 11.9 Å². The fraction of sp³-hybridized carbons (Fsp3) is 0.231. The van der Waals surface area contributed by atoms with Gasteiger partial charge < -0.3 is 5.32 Å². The molecule has 0 saturated carbocycles. The van der Waals surface area contributed by atoms with Gasteiger partial charge >= 0.3 is 0 Å². The van der Waals surface area contributed by atoms with Crippen molar-refractivity contribution in [2.24, 2.45) is 0 Å². The number of nitrogens with one attached hydrogen (secondary N) is 1. The summed E-state index contributed by atoms with van der Waals surface area (Å²) in [5.41, 5.74) is 0.355. The Kier molecular flexibility index (Phi) is 3.86. The van der Waals surface area contributed by atoms with Gasteiger partial charge in [0.15, 0.2) is 0 Å². The molecule has 1 heterocycles. The SMILES string of the molecule is C[C@H](NCc1cc(F)ccc1F)c1cccs1. The molecule has 1 atom stereocenters. The van der Waals surface area contributed by atoms with E-state index in [1.54, 1.807) is 11.3 Å². The minimum atomic E-state index is -0.410. The molecular formula is C13H13F2NS. The van der Waals surface area contributed by atoms with E-state index in [4.69, 9.17) is 0 Å². The zero-order valence-electron chi connectivity index (χ0n) is 9.41. The third-order valence-corrected chi connectivity index (χ3v) is 3.63. The molecule has 17 heavy (non-hydrogen) atoms. The molecule has 1 N–H and O–H groups in total.